The highest BCUT2D eigenvalue weighted by atomic mass is 15.2. The molecule has 0 spiro atoms. The van der Waals surface area contributed by atoms with Crippen molar-refractivity contribution in [3.63, 3.8) is 0 Å². The molecule has 3 heterocycles. The molecule has 5 nitrogen and oxygen atoms in total. The van der Waals surface area contributed by atoms with E-state index in [0.717, 1.165) is 29.5 Å². The van der Waals surface area contributed by atoms with Crippen LogP contribution in [0.3, 0.4) is 0 Å². The average Bonchev–Trinajstić information content (AvgIpc) is 2.87. The van der Waals surface area contributed by atoms with Crippen molar-refractivity contribution >= 4 is 0 Å². The second-order valence-electron chi connectivity index (χ2n) is 6.47. The quantitative estimate of drug-likeness (QED) is 0.874. The van der Waals surface area contributed by atoms with Gasteiger partial charge in [0.05, 0.1) is 17.6 Å². The van der Waals surface area contributed by atoms with Crippen LogP contribution in [0, 0.1) is 6.92 Å². The summed E-state index contributed by atoms with van der Waals surface area (Å²) in [6.45, 7) is 8.81. The first-order chi connectivity index (χ1) is 10.6. The Morgan fingerprint density at radius 3 is 2.64 bits per heavy atom. The molecule has 2 aromatic rings. The van der Waals surface area contributed by atoms with Gasteiger partial charge in [0.2, 0.25) is 0 Å². The van der Waals surface area contributed by atoms with Crippen LogP contribution >= 0.6 is 0 Å². The number of imidazole rings is 1. The predicted octanol–water partition coefficient (Wildman–Crippen LogP) is 2.77. The number of rotatable bonds is 3. The molecule has 0 amide bonds. The van der Waals surface area contributed by atoms with Crippen molar-refractivity contribution in [2.45, 2.75) is 45.6 Å². The number of hydrogen-bond acceptors (Lipinski definition) is 4. The smallest absolute Gasteiger partial charge is 0.110 e. The highest BCUT2D eigenvalue weighted by Crippen LogP contribution is 2.32. The van der Waals surface area contributed by atoms with Gasteiger partial charge in [0, 0.05) is 37.9 Å². The Kier molecular flexibility index (Phi) is 4.25. The van der Waals surface area contributed by atoms with Crippen LogP contribution in [0.5, 0.6) is 0 Å². The molecule has 0 aromatic carbocycles. The zero-order valence-electron chi connectivity index (χ0n) is 14.0. The summed E-state index contributed by atoms with van der Waals surface area (Å²) in [6.07, 6.45) is 7.92. The first-order valence-corrected chi connectivity index (χ1v) is 8.11. The minimum absolute atomic E-state index is 0.454. The average molecular weight is 299 g/mol. The second kappa shape index (κ2) is 6.16. The highest BCUT2D eigenvalue weighted by Gasteiger charge is 2.27. The molecule has 118 valence electrons. The maximum absolute atomic E-state index is 4.69. The van der Waals surface area contributed by atoms with Gasteiger partial charge in [-0.1, -0.05) is 0 Å². The first kappa shape index (κ1) is 15.2. The Morgan fingerprint density at radius 1 is 1.18 bits per heavy atom. The Hall–Kier alpha value is -1.75. The molecule has 1 aliphatic heterocycles. The van der Waals surface area contributed by atoms with Gasteiger partial charge in [0.1, 0.15) is 11.5 Å². The molecule has 1 fully saturated rings. The summed E-state index contributed by atoms with van der Waals surface area (Å²) < 4.78 is 2.09. The molecule has 0 unspecified atom stereocenters. The van der Waals surface area contributed by atoms with Gasteiger partial charge < -0.3 is 9.47 Å². The van der Waals surface area contributed by atoms with Crippen molar-refractivity contribution in [3.05, 3.63) is 30.1 Å². The summed E-state index contributed by atoms with van der Waals surface area (Å²) in [5.41, 5.74) is 3.17. The molecule has 1 aliphatic rings. The maximum Gasteiger partial charge on any atom is 0.110 e. The lowest BCUT2D eigenvalue weighted by Gasteiger charge is -2.35. The van der Waals surface area contributed by atoms with Gasteiger partial charge in [-0.2, -0.15) is 0 Å². The van der Waals surface area contributed by atoms with Crippen molar-refractivity contribution < 1.29 is 0 Å². The second-order valence-corrected chi connectivity index (χ2v) is 6.47. The number of aryl methyl sites for hydroxylation is 1. The third-order valence-corrected chi connectivity index (χ3v) is 4.76. The van der Waals surface area contributed by atoms with Crippen LogP contribution in [-0.4, -0.2) is 43.6 Å². The normalized spacial score (nSPS) is 19.8. The molecular formula is C17H25N5. The Balaban J connectivity index is 1.96. The summed E-state index contributed by atoms with van der Waals surface area (Å²) in [6, 6.07) is 0.585. The molecule has 2 aromatic heterocycles. The lowest BCUT2D eigenvalue weighted by molar-refractivity contribution is 0.166. The molecule has 3 rings (SSSR count). The standard InChI is InChI=1S/C17H25N5/c1-12(2)22-9-5-6-14(11-22)16-17(19-8-7-18-16)15-10-20-13(3)21(15)4/h7-8,10,12,14H,5-6,9,11H2,1-4H3/t14-/m0/s1. The molecule has 0 aliphatic carbocycles. The van der Waals surface area contributed by atoms with Crippen LogP contribution < -0.4 is 0 Å². The molecule has 1 saturated heterocycles. The van der Waals surface area contributed by atoms with Crippen LogP contribution in [0.2, 0.25) is 0 Å². The van der Waals surface area contributed by atoms with Crippen LogP contribution in [0.25, 0.3) is 11.4 Å². The van der Waals surface area contributed by atoms with Gasteiger partial charge in [-0.3, -0.25) is 9.97 Å². The zero-order valence-corrected chi connectivity index (χ0v) is 14.0. The van der Waals surface area contributed by atoms with Crippen molar-refractivity contribution in [2.24, 2.45) is 7.05 Å². The van der Waals surface area contributed by atoms with E-state index >= 15 is 0 Å². The number of likely N-dealkylation sites (tertiary alicyclic amines) is 1. The van der Waals surface area contributed by atoms with E-state index in [1.165, 1.54) is 19.4 Å². The van der Waals surface area contributed by atoms with Gasteiger partial charge in [-0.05, 0) is 40.2 Å². The van der Waals surface area contributed by atoms with Crippen LogP contribution in [0.1, 0.15) is 44.1 Å². The largest absolute Gasteiger partial charge is 0.330 e. The number of piperidine rings is 1. The Morgan fingerprint density at radius 2 is 1.95 bits per heavy atom. The van der Waals surface area contributed by atoms with Crippen LogP contribution in [0.15, 0.2) is 18.6 Å². The minimum Gasteiger partial charge on any atom is -0.330 e. The molecule has 1 atom stereocenters. The summed E-state index contributed by atoms with van der Waals surface area (Å²) in [5, 5.41) is 0. The maximum atomic E-state index is 4.69. The number of nitrogens with zero attached hydrogens (tertiary/aromatic N) is 5. The van der Waals surface area contributed by atoms with E-state index in [9.17, 15) is 0 Å². The van der Waals surface area contributed by atoms with E-state index in [-0.39, 0.29) is 0 Å². The molecule has 0 N–H and O–H groups in total. The van der Waals surface area contributed by atoms with Crippen molar-refractivity contribution in [1.29, 1.82) is 0 Å². The van der Waals surface area contributed by atoms with Gasteiger partial charge in [0.25, 0.3) is 0 Å². The lowest BCUT2D eigenvalue weighted by atomic mass is 9.92. The third kappa shape index (κ3) is 2.77. The molecule has 0 radical (unpaired) electrons. The summed E-state index contributed by atoms with van der Waals surface area (Å²) >= 11 is 0. The molecule has 5 heteroatoms. The lowest BCUT2D eigenvalue weighted by Crippen LogP contribution is -2.39. The number of hydrogen-bond donors (Lipinski definition) is 0. The van der Waals surface area contributed by atoms with Crippen molar-refractivity contribution in [1.82, 2.24) is 24.4 Å². The Labute approximate surface area is 132 Å². The van der Waals surface area contributed by atoms with E-state index in [4.69, 9.17) is 4.98 Å². The van der Waals surface area contributed by atoms with E-state index in [1.807, 2.05) is 26.4 Å². The molecule has 0 bridgehead atoms. The minimum atomic E-state index is 0.454. The zero-order chi connectivity index (χ0) is 15.7. The van der Waals surface area contributed by atoms with Gasteiger partial charge in [-0.25, -0.2) is 4.98 Å². The van der Waals surface area contributed by atoms with E-state index < -0.39 is 0 Å². The van der Waals surface area contributed by atoms with E-state index in [2.05, 4.69) is 33.3 Å². The SMILES string of the molecule is Cc1ncc(-c2nccnc2[C@H]2CCCN(C(C)C)C2)n1C. The fraction of sp³-hybridized carbons (Fsp3) is 0.588. The van der Waals surface area contributed by atoms with Gasteiger partial charge in [-0.15, -0.1) is 0 Å². The summed E-state index contributed by atoms with van der Waals surface area (Å²) in [5.74, 6) is 1.45. The van der Waals surface area contributed by atoms with Gasteiger partial charge in [0.15, 0.2) is 0 Å². The van der Waals surface area contributed by atoms with Crippen LogP contribution in [0.4, 0.5) is 0 Å². The highest BCUT2D eigenvalue weighted by molar-refractivity contribution is 5.58. The fourth-order valence-corrected chi connectivity index (χ4v) is 3.27. The van der Waals surface area contributed by atoms with Crippen LogP contribution in [-0.2, 0) is 7.05 Å². The summed E-state index contributed by atoms with van der Waals surface area (Å²) in [4.78, 5) is 16.3. The predicted molar refractivity (Wildman–Crippen MR) is 87.7 cm³/mol. The van der Waals surface area contributed by atoms with Crippen molar-refractivity contribution in [3.8, 4) is 11.4 Å². The van der Waals surface area contributed by atoms with Crippen molar-refractivity contribution in [2.75, 3.05) is 13.1 Å². The molecule has 0 saturated carbocycles. The Bertz CT molecular complexity index is 646. The van der Waals surface area contributed by atoms with Gasteiger partial charge >= 0.3 is 0 Å². The monoisotopic (exact) mass is 299 g/mol. The van der Waals surface area contributed by atoms with E-state index in [1.54, 1.807) is 6.20 Å². The first-order valence-electron chi connectivity index (χ1n) is 8.11. The van der Waals surface area contributed by atoms with E-state index in [0.29, 0.717) is 12.0 Å². The molecule has 22 heavy (non-hydrogen) atoms. The summed E-state index contributed by atoms with van der Waals surface area (Å²) in [7, 11) is 2.04. The third-order valence-electron chi connectivity index (χ3n) is 4.76. The number of aromatic nitrogens is 4. The fourth-order valence-electron chi connectivity index (χ4n) is 3.27. The topological polar surface area (TPSA) is 46.8 Å². The molecular weight excluding hydrogens is 274 g/mol.